The van der Waals surface area contributed by atoms with Crippen LogP contribution in [0, 0.1) is 26.6 Å². The SMILES string of the molecule is Cc1ccccc1Nc1cccc(C(=O)Nc2c(C)cc(C(F)(C(F)(F)F)C(F)(F)F)cc2C)c1F. The number of hydrogen-bond acceptors (Lipinski definition) is 2. The van der Waals surface area contributed by atoms with E-state index in [-0.39, 0.29) is 22.5 Å². The minimum absolute atomic E-state index is 0.0293. The van der Waals surface area contributed by atoms with E-state index in [0.29, 0.717) is 17.8 Å². The number of aryl methyl sites for hydroxylation is 3. The number of carbonyl (C=O) groups is 1. The number of nitrogens with one attached hydrogen (secondary N) is 2. The largest absolute Gasteiger partial charge is 0.435 e. The molecule has 0 aromatic heterocycles. The van der Waals surface area contributed by atoms with Gasteiger partial charge in [-0.2, -0.15) is 26.3 Å². The molecule has 1 amide bonds. The van der Waals surface area contributed by atoms with E-state index in [1.165, 1.54) is 12.1 Å². The van der Waals surface area contributed by atoms with Crippen LogP contribution in [-0.2, 0) is 5.67 Å². The molecule has 0 bridgehead atoms. The molecule has 192 valence electrons. The molecule has 0 spiro atoms. The van der Waals surface area contributed by atoms with Crippen LogP contribution in [0.3, 0.4) is 0 Å². The number of amides is 1. The van der Waals surface area contributed by atoms with Crippen LogP contribution in [-0.4, -0.2) is 18.3 Å². The van der Waals surface area contributed by atoms with Gasteiger partial charge < -0.3 is 10.6 Å². The van der Waals surface area contributed by atoms with Crippen LogP contribution in [0.1, 0.15) is 32.6 Å². The molecule has 3 aromatic carbocycles. The van der Waals surface area contributed by atoms with Gasteiger partial charge in [-0.05, 0) is 55.7 Å². The van der Waals surface area contributed by atoms with Crippen molar-refractivity contribution in [1.29, 1.82) is 0 Å². The van der Waals surface area contributed by atoms with E-state index in [1.807, 2.05) is 0 Å². The van der Waals surface area contributed by atoms with Crippen LogP contribution in [0.5, 0.6) is 0 Å². The summed E-state index contributed by atoms with van der Waals surface area (Å²) in [5, 5.41) is 5.17. The molecular formula is C25H20F8N2O. The number of alkyl halides is 7. The van der Waals surface area contributed by atoms with Gasteiger partial charge in [-0.3, -0.25) is 4.79 Å². The topological polar surface area (TPSA) is 41.1 Å². The van der Waals surface area contributed by atoms with Crippen LogP contribution < -0.4 is 10.6 Å². The summed E-state index contributed by atoms with van der Waals surface area (Å²) in [7, 11) is 0. The van der Waals surface area contributed by atoms with E-state index in [9.17, 15) is 35.5 Å². The quantitative estimate of drug-likeness (QED) is 0.337. The Morgan fingerprint density at radius 2 is 1.25 bits per heavy atom. The van der Waals surface area contributed by atoms with Gasteiger partial charge in [0, 0.05) is 16.9 Å². The number of anilines is 3. The van der Waals surface area contributed by atoms with Crippen LogP contribution in [0.25, 0.3) is 0 Å². The second-order valence-corrected chi connectivity index (χ2v) is 8.20. The minimum Gasteiger partial charge on any atom is -0.353 e. The van der Waals surface area contributed by atoms with Crippen LogP contribution in [0.4, 0.5) is 52.2 Å². The monoisotopic (exact) mass is 516 g/mol. The van der Waals surface area contributed by atoms with Gasteiger partial charge in [-0.1, -0.05) is 36.4 Å². The predicted octanol–water partition coefficient (Wildman–Crippen LogP) is 8.04. The molecule has 3 rings (SSSR count). The van der Waals surface area contributed by atoms with Crippen molar-refractivity contribution < 1.29 is 39.9 Å². The molecule has 0 saturated heterocycles. The van der Waals surface area contributed by atoms with E-state index in [1.54, 1.807) is 31.2 Å². The maximum atomic E-state index is 15.1. The molecule has 0 aliphatic carbocycles. The standard InChI is InChI=1S/C25H20F8N2O/c1-13-7-4-5-9-18(13)34-19-10-6-8-17(20(19)26)22(36)35-21-14(2)11-16(12-15(21)3)23(27,24(28,29)30)25(31,32)33/h4-12,34H,1-3H3,(H,35,36). The highest BCUT2D eigenvalue weighted by molar-refractivity contribution is 6.06. The highest BCUT2D eigenvalue weighted by Gasteiger charge is 2.73. The molecule has 0 aliphatic heterocycles. The fourth-order valence-corrected chi connectivity index (χ4v) is 3.69. The lowest BCUT2D eigenvalue weighted by molar-refractivity contribution is -0.348. The number of para-hydroxylation sites is 1. The summed E-state index contributed by atoms with van der Waals surface area (Å²) >= 11 is 0. The average Bonchev–Trinajstić information content (AvgIpc) is 2.76. The van der Waals surface area contributed by atoms with Crippen molar-refractivity contribution in [1.82, 2.24) is 0 Å². The van der Waals surface area contributed by atoms with Gasteiger partial charge in [0.1, 0.15) is 0 Å². The Balaban J connectivity index is 1.95. The van der Waals surface area contributed by atoms with Crippen LogP contribution >= 0.6 is 0 Å². The van der Waals surface area contributed by atoms with Crippen molar-refractivity contribution in [3.63, 3.8) is 0 Å². The molecule has 3 nitrogen and oxygen atoms in total. The van der Waals surface area contributed by atoms with E-state index in [4.69, 9.17) is 0 Å². The van der Waals surface area contributed by atoms with Gasteiger partial charge in [-0.15, -0.1) is 0 Å². The Labute approximate surface area is 201 Å². The zero-order valence-electron chi connectivity index (χ0n) is 19.1. The zero-order valence-corrected chi connectivity index (χ0v) is 19.1. The fraction of sp³-hybridized carbons (Fsp3) is 0.240. The van der Waals surface area contributed by atoms with Crippen molar-refractivity contribution in [2.75, 3.05) is 10.6 Å². The van der Waals surface area contributed by atoms with Crippen LogP contribution in [0.2, 0.25) is 0 Å². The Morgan fingerprint density at radius 1 is 0.722 bits per heavy atom. The second-order valence-electron chi connectivity index (χ2n) is 8.20. The summed E-state index contributed by atoms with van der Waals surface area (Å²) < 4.78 is 108. The Kier molecular flexibility index (Phi) is 7.07. The van der Waals surface area contributed by atoms with E-state index >= 15 is 4.39 Å². The van der Waals surface area contributed by atoms with E-state index < -0.39 is 40.9 Å². The third kappa shape index (κ3) is 4.87. The summed E-state index contributed by atoms with van der Waals surface area (Å²) in [6.45, 7) is 3.99. The van der Waals surface area contributed by atoms with Gasteiger partial charge >= 0.3 is 18.0 Å². The fourth-order valence-electron chi connectivity index (χ4n) is 3.69. The number of halogens is 8. The minimum atomic E-state index is -6.28. The van der Waals surface area contributed by atoms with Gasteiger partial charge in [0.25, 0.3) is 5.91 Å². The Morgan fingerprint density at radius 3 is 1.78 bits per heavy atom. The van der Waals surface area contributed by atoms with Gasteiger partial charge in [-0.25, -0.2) is 8.78 Å². The summed E-state index contributed by atoms with van der Waals surface area (Å²) in [6, 6.07) is 11.7. The van der Waals surface area contributed by atoms with Crippen molar-refractivity contribution in [3.8, 4) is 0 Å². The lowest BCUT2D eigenvalue weighted by Gasteiger charge is -2.31. The molecule has 0 radical (unpaired) electrons. The van der Waals surface area contributed by atoms with Crippen molar-refractivity contribution in [2.45, 2.75) is 38.8 Å². The molecule has 36 heavy (non-hydrogen) atoms. The molecular weight excluding hydrogens is 496 g/mol. The Bertz CT molecular complexity index is 1260. The maximum Gasteiger partial charge on any atom is 0.435 e. The van der Waals surface area contributed by atoms with Crippen LogP contribution in [0.15, 0.2) is 54.6 Å². The Hall–Kier alpha value is -3.63. The van der Waals surface area contributed by atoms with E-state index in [2.05, 4.69) is 10.6 Å². The normalized spacial score (nSPS) is 12.4. The van der Waals surface area contributed by atoms with Gasteiger partial charge in [0.15, 0.2) is 5.82 Å². The molecule has 3 aromatic rings. The lowest BCUT2D eigenvalue weighted by Crippen LogP contribution is -2.50. The third-order valence-electron chi connectivity index (χ3n) is 5.61. The van der Waals surface area contributed by atoms with Crippen molar-refractivity contribution >= 4 is 23.0 Å². The maximum absolute atomic E-state index is 15.1. The summed E-state index contributed by atoms with van der Waals surface area (Å²) in [4.78, 5) is 12.8. The molecule has 0 heterocycles. The molecule has 0 fully saturated rings. The molecule has 0 saturated carbocycles. The van der Waals surface area contributed by atoms with E-state index in [0.717, 1.165) is 25.5 Å². The summed E-state index contributed by atoms with van der Waals surface area (Å²) in [5.41, 5.74) is -7.08. The highest BCUT2D eigenvalue weighted by Crippen LogP contribution is 2.53. The average molecular weight is 516 g/mol. The summed E-state index contributed by atoms with van der Waals surface area (Å²) in [6.07, 6.45) is -12.6. The number of benzene rings is 3. The summed E-state index contributed by atoms with van der Waals surface area (Å²) in [5.74, 6) is -1.93. The first-order valence-electron chi connectivity index (χ1n) is 10.4. The van der Waals surface area contributed by atoms with Gasteiger partial charge in [0.05, 0.1) is 11.3 Å². The molecule has 2 N–H and O–H groups in total. The predicted molar refractivity (Wildman–Crippen MR) is 120 cm³/mol. The van der Waals surface area contributed by atoms with Crippen molar-refractivity contribution in [3.05, 3.63) is 88.2 Å². The first-order valence-corrected chi connectivity index (χ1v) is 10.4. The van der Waals surface area contributed by atoms with Crippen molar-refractivity contribution in [2.24, 2.45) is 0 Å². The first kappa shape index (κ1) is 27.0. The molecule has 11 heteroatoms. The zero-order chi connectivity index (χ0) is 27.1. The molecule has 0 unspecified atom stereocenters. The smallest absolute Gasteiger partial charge is 0.353 e. The number of hydrogen-bond donors (Lipinski definition) is 2. The highest BCUT2D eigenvalue weighted by atomic mass is 19.4. The number of rotatable bonds is 5. The molecule has 0 atom stereocenters. The second kappa shape index (κ2) is 9.44. The third-order valence-corrected chi connectivity index (χ3v) is 5.61. The number of carbonyl (C=O) groups excluding carboxylic acids is 1. The first-order chi connectivity index (χ1) is 16.6. The molecule has 0 aliphatic rings. The lowest BCUT2D eigenvalue weighted by atomic mass is 9.90. The van der Waals surface area contributed by atoms with Gasteiger partial charge in [0.2, 0.25) is 0 Å².